The number of fused-ring (bicyclic) bond motifs is 8. The average molecular weight is 397 g/mol. The van der Waals surface area contributed by atoms with Crippen LogP contribution in [0.15, 0.2) is 48.5 Å². The molecule has 0 spiro atoms. The van der Waals surface area contributed by atoms with Crippen LogP contribution in [-0.2, 0) is 10.8 Å². The van der Waals surface area contributed by atoms with Crippen LogP contribution in [0.25, 0.3) is 21.8 Å². The third-order valence-corrected chi connectivity index (χ3v) is 8.68. The Hall–Kier alpha value is -2.94. The van der Waals surface area contributed by atoms with Crippen molar-refractivity contribution in [2.45, 2.75) is 52.4 Å². The number of benzene rings is 3. The lowest BCUT2D eigenvalue weighted by Gasteiger charge is -2.44. The number of H-pyrrole nitrogens is 1. The van der Waals surface area contributed by atoms with E-state index in [9.17, 15) is 0 Å². The topological polar surface area (TPSA) is 37.0 Å². The molecule has 0 radical (unpaired) electrons. The van der Waals surface area contributed by atoms with Crippen LogP contribution in [0.3, 0.4) is 0 Å². The van der Waals surface area contributed by atoms with Crippen molar-refractivity contribution < 1.29 is 4.74 Å². The second-order valence-electron chi connectivity index (χ2n) is 10.5. The SMILES string of the molecule is CC1(C)c2ccc3[nH]c4c5c(ccc4c3c2C(C)(C)C1(C)C)Nc1ccccc1O5. The highest BCUT2D eigenvalue weighted by molar-refractivity contribution is 6.13. The summed E-state index contributed by atoms with van der Waals surface area (Å²) in [5.41, 5.74) is 7.47. The summed E-state index contributed by atoms with van der Waals surface area (Å²) in [4.78, 5) is 3.69. The zero-order valence-electron chi connectivity index (χ0n) is 18.5. The maximum Gasteiger partial charge on any atom is 0.175 e. The van der Waals surface area contributed by atoms with E-state index in [2.05, 4.69) is 76.1 Å². The first-order chi connectivity index (χ1) is 14.1. The van der Waals surface area contributed by atoms with E-state index in [1.165, 1.54) is 27.4 Å². The molecule has 3 nitrogen and oxygen atoms in total. The van der Waals surface area contributed by atoms with E-state index in [0.717, 1.165) is 28.4 Å². The molecule has 2 heterocycles. The normalized spacial score (nSPS) is 19.7. The maximum atomic E-state index is 6.38. The molecule has 1 aliphatic heterocycles. The first-order valence-corrected chi connectivity index (χ1v) is 10.8. The second-order valence-corrected chi connectivity index (χ2v) is 10.5. The Kier molecular flexibility index (Phi) is 3.10. The van der Waals surface area contributed by atoms with Crippen LogP contribution in [0.5, 0.6) is 11.5 Å². The van der Waals surface area contributed by atoms with Gasteiger partial charge in [-0.15, -0.1) is 0 Å². The molecule has 0 bridgehead atoms. The summed E-state index contributed by atoms with van der Waals surface area (Å²) in [7, 11) is 0. The van der Waals surface area contributed by atoms with Gasteiger partial charge in [-0.3, -0.25) is 0 Å². The van der Waals surface area contributed by atoms with E-state index in [-0.39, 0.29) is 16.2 Å². The number of ether oxygens (including phenoxy) is 1. The second kappa shape index (κ2) is 5.21. The van der Waals surface area contributed by atoms with Crippen molar-refractivity contribution >= 4 is 33.2 Å². The van der Waals surface area contributed by atoms with E-state index in [4.69, 9.17) is 4.74 Å². The number of aromatic nitrogens is 1. The molecule has 2 aliphatic rings. The van der Waals surface area contributed by atoms with Crippen molar-refractivity contribution in [2.75, 3.05) is 5.32 Å². The fraction of sp³-hybridized carbons (Fsp3) is 0.333. The van der Waals surface area contributed by atoms with Gasteiger partial charge in [0, 0.05) is 16.3 Å². The van der Waals surface area contributed by atoms with Gasteiger partial charge in [-0.05, 0) is 57.7 Å². The van der Waals surface area contributed by atoms with Gasteiger partial charge in [-0.25, -0.2) is 0 Å². The number of nitrogens with one attached hydrogen (secondary N) is 2. The van der Waals surface area contributed by atoms with Crippen LogP contribution in [0.4, 0.5) is 11.4 Å². The summed E-state index contributed by atoms with van der Waals surface area (Å²) in [5, 5.41) is 6.11. The number of rotatable bonds is 0. The lowest BCUT2D eigenvalue weighted by Crippen LogP contribution is -2.42. The standard InChI is InChI=1S/C27H28N2O/c1-25(2)16-12-14-18-21(22(16)26(3,4)27(25,5)6)15-11-13-19-24(23(15)29-18)30-20-10-8-7-9-17(20)28-19/h7-14,28-29H,1-6H3. The highest BCUT2D eigenvalue weighted by Crippen LogP contribution is 2.63. The van der Waals surface area contributed by atoms with Crippen molar-refractivity contribution in [2.24, 2.45) is 5.41 Å². The molecule has 152 valence electrons. The highest BCUT2D eigenvalue weighted by Gasteiger charge is 2.57. The molecule has 6 rings (SSSR count). The molecule has 2 N–H and O–H groups in total. The van der Waals surface area contributed by atoms with Gasteiger partial charge >= 0.3 is 0 Å². The van der Waals surface area contributed by atoms with Crippen molar-refractivity contribution in [3.8, 4) is 11.5 Å². The molecule has 0 fully saturated rings. The molecule has 1 aliphatic carbocycles. The average Bonchev–Trinajstić information content (AvgIpc) is 3.14. The minimum Gasteiger partial charge on any atom is -0.451 e. The summed E-state index contributed by atoms with van der Waals surface area (Å²) >= 11 is 0. The van der Waals surface area contributed by atoms with Gasteiger partial charge in [0.05, 0.1) is 16.9 Å². The van der Waals surface area contributed by atoms with Gasteiger partial charge in [0.2, 0.25) is 0 Å². The van der Waals surface area contributed by atoms with E-state index in [0.29, 0.717) is 0 Å². The van der Waals surface area contributed by atoms with Crippen LogP contribution < -0.4 is 10.1 Å². The van der Waals surface area contributed by atoms with Crippen molar-refractivity contribution in [1.82, 2.24) is 4.98 Å². The first kappa shape index (κ1) is 17.9. The van der Waals surface area contributed by atoms with Crippen LogP contribution in [0.1, 0.15) is 52.7 Å². The molecule has 0 amide bonds. The Bertz CT molecular complexity index is 1370. The van der Waals surface area contributed by atoms with Gasteiger partial charge in [-0.2, -0.15) is 0 Å². The molecular formula is C27H28N2O. The zero-order chi connectivity index (χ0) is 21.1. The number of aromatic amines is 1. The monoisotopic (exact) mass is 396 g/mol. The Morgan fingerprint density at radius 3 is 2.33 bits per heavy atom. The third kappa shape index (κ3) is 1.87. The number of hydrogen-bond acceptors (Lipinski definition) is 2. The molecule has 30 heavy (non-hydrogen) atoms. The highest BCUT2D eigenvalue weighted by atomic mass is 16.5. The molecule has 0 unspecified atom stereocenters. The Morgan fingerprint density at radius 2 is 1.53 bits per heavy atom. The quantitative estimate of drug-likeness (QED) is 0.280. The molecule has 0 atom stereocenters. The lowest BCUT2D eigenvalue weighted by molar-refractivity contribution is 0.125. The molecule has 0 saturated heterocycles. The van der Waals surface area contributed by atoms with E-state index in [1.807, 2.05) is 24.3 Å². The smallest absolute Gasteiger partial charge is 0.175 e. The van der Waals surface area contributed by atoms with Gasteiger partial charge in [-0.1, -0.05) is 59.7 Å². The largest absolute Gasteiger partial charge is 0.451 e. The maximum absolute atomic E-state index is 6.38. The molecule has 3 heteroatoms. The lowest BCUT2D eigenvalue weighted by atomic mass is 9.59. The molecular weight excluding hydrogens is 368 g/mol. The number of hydrogen-bond donors (Lipinski definition) is 2. The number of para-hydroxylation sites is 2. The first-order valence-electron chi connectivity index (χ1n) is 10.8. The predicted octanol–water partition coefficient (Wildman–Crippen LogP) is 7.77. The van der Waals surface area contributed by atoms with Crippen molar-refractivity contribution in [3.63, 3.8) is 0 Å². The van der Waals surface area contributed by atoms with Crippen molar-refractivity contribution in [1.29, 1.82) is 0 Å². The minimum atomic E-state index is 0.0437. The fourth-order valence-electron chi connectivity index (χ4n) is 5.76. The molecule has 0 saturated carbocycles. The predicted molar refractivity (Wildman–Crippen MR) is 125 cm³/mol. The van der Waals surface area contributed by atoms with Gasteiger partial charge in [0.15, 0.2) is 11.5 Å². The van der Waals surface area contributed by atoms with Crippen LogP contribution >= 0.6 is 0 Å². The van der Waals surface area contributed by atoms with E-state index in [1.54, 1.807) is 0 Å². The summed E-state index contributed by atoms with van der Waals surface area (Å²) in [6.07, 6.45) is 0. The van der Waals surface area contributed by atoms with E-state index >= 15 is 0 Å². The van der Waals surface area contributed by atoms with Crippen LogP contribution in [0, 0.1) is 5.41 Å². The zero-order valence-corrected chi connectivity index (χ0v) is 18.5. The molecule has 1 aromatic heterocycles. The Labute approximate surface area is 177 Å². The van der Waals surface area contributed by atoms with Gasteiger partial charge in [0.25, 0.3) is 0 Å². The molecule has 3 aromatic carbocycles. The minimum absolute atomic E-state index is 0.0437. The summed E-state index contributed by atoms with van der Waals surface area (Å²) in [5.74, 6) is 1.74. The summed E-state index contributed by atoms with van der Waals surface area (Å²) < 4.78 is 6.38. The van der Waals surface area contributed by atoms with Gasteiger partial charge in [0.1, 0.15) is 0 Å². The molecule has 4 aromatic rings. The fourth-order valence-corrected chi connectivity index (χ4v) is 5.76. The number of anilines is 2. The summed E-state index contributed by atoms with van der Waals surface area (Å²) in [6.45, 7) is 14.4. The van der Waals surface area contributed by atoms with Crippen molar-refractivity contribution in [3.05, 3.63) is 59.7 Å². The van der Waals surface area contributed by atoms with Crippen LogP contribution in [0.2, 0.25) is 0 Å². The van der Waals surface area contributed by atoms with E-state index < -0.39 is 0 Å². The Morgan fingerprint density at radius 1 is 0.767 bits per heavy atom. The van der Waals surface area contributed by atoms with Gasteiger partial charge < -0.3 is 15.0 Å². The Balaban J connectivity index is 1.69. The third-order valence-electron chi connectivity index (χ3n) is 8.68. The van der Waals surface area contributed by atoms with Crippen LogP contribution in [-0.4, -0.2) is 4.98 Å². The summed E-state index contributed by atoms with van der Waals surface area (Å²) in [6, 6.07) is 17.1.